The van der Waals surface area contributed by atoms with E-state index in [0.717, 1.165) is 13.0 Å². The van der Waals surface area contributed by atoms with Gasteiger partial charge in [0.2, 0.25) is 5.91 Å². The third-order valence-electron chi connectivity index (χ3n) is 1.68. The number of hydrogen-bond donors (Lipinski definition) is 3. The summed E-state index contributed by atoms with van der Waals surface area (Å²) in [5.74, 6) is 0.737. The number of thioether (sulfide) groups is 1. The molecule has 78 valence electrons. The molecule has 0 saturated carbocycles. The van der Waals surface area contributed by atoms with Gasteiger partial charge in [0.1, 0.15) is 0 Å². The summed E-state index contributed by atoms with van der Waals surface area (Å²) in [5.41, 5.74) is 10.4. The van der Waals surface area contributed by atoms with Crippen molar-refractivity contribution in [3.63, 3.8) is 0 Å². The van der Waals surface area contributed by atoms with E-state index < -0.39 is 11.9 Å². The lowest BCUT2D eigenvalue weighted by molar-refractivity contribution is -0.119. The van der Waals surface area contributed by atoms with Crippen molar-refractivity contribution in [2.75, 3.05) is 25.1 Å². The highest BCUT2D eigenvalue weighted by Gasteiger charge is 2.06. The second-order valence-electron chi connectivity index (χ2n) is 2.91. The molecule has 5 heteroatoms. The summed E-state index contributed by atoms with van der Waals surface area (Å²) < 4.78 is 0. The lowest BCUT2D eigenvalue weighted by Gasteiger charge is -2.08. The van der Waals surface area contributed by atoms with Gasteiger partial charge >= 0.3 is 0 Å². The maximum absolute atomic E-state index is 10.5. The second-order valence-corrected chi connectivity index (χ2v) is 3.90. The summed E-state index contributed by atoms with van der Waals surface area (Å²) in [6, 6.07) is -0.555. The first-order chi connectivity index (χ1) is 6.18. The van der Waals surface area contributed by atoms with Crippen LogP contribution in [-0.4, -0.2) is 37.0 Å². The van der Waals surface area contributed by atoms with E-state index in [9.17, 15) is 4.79 Å². The minimum Gasteiger partial charge on any atom is -0.368 e. The van der Waals surface area contributed by atoms with Crippen molar-refractivity contribution in [2.45, 2.75) is 18.9 Å². The predicted molar refractivity (Wildman–Crippen MR) is 57.7 cm³/mol. The summed E-state index contributed by atoms with van der Waals surface area (Å²) >= 11 is 1.84. The zero-order valence-electron chi connectivity index (χ0n) is 8.08. The molecular formula is C8H19N3OS. The first-order valence-electron chi connectivity index (χ1n) is 4.43. The van der Waals surface area contributed by atoms with Crippen LogP contribution in [-0.2, 0) is 4.79 Å². The van der Waals surface area contributed by atoms with E-state index in [0.29, 0.717) is 6.54 Å². The number of rotatable bonds is 8. The van der Waals surface area contributed by atoms with Crippen LogP contribution in [0.5, 0.6) is 0 Å². The van der Waals surface area contributed by atoms with Crippen molar-refractivity contribution < 1.29 is 4.79 Å². The topological polar surface area (TPSA) is 81.1 Å². The van der Waals surface area contributed by atoms with Crippen LogP contribution >= 0.6 is 11.8 Å². The highest BCUT2D eigenvalue weighted by Crippen LogP contribution is 1.97. The molecule has 0 aromatic rings. The largest absolute Gasteiger partial charge is 0.368 e. The summed E-state index contributed by atoms with van der Waals surface area (Å²) in [6.07, 6.45) is 4.41. The molecule has 0 rings (SSSR count). The lowest BCUT2D eigenvalue weighted by atomic mass is 10.3. The Bertz CT molecular complexity index is 143. The summed E-state index contributed by atoms with van der Waals surface area (Å²) in [4.78, 5) is 10.5. The summed E-state index contributed by atoms with van der Waals surface area (Å²) in [6.45, 7) is 1.39. The molecule has 0 saturated heterocycles. The molecule has 0 fully saturated rings. The van der Waals surface area contributed by atoms with Crippen LogP contribution in [0.25, 0.3) is 0 Å². The van der Waals surface area contributed by atoms with Crippen LogP contribution in [0.2, 0.25) is 0 Å². The fourth-order valence-corrected chi connectivity index (χ4v) is 1.35. The molecule has 0 aliphatic carbocycles. The Morgan fingerprint density at radius 1 is 1.54 bits per heavy atom. The Morgan fingerprint density at radius 3 is 2.77 bits per heavy atom. The van der Waals surface area contributed by atoms with Crippen LogP contribution in [0.3, 0.4) is 0 Å². The summed E-state index contributed by atoms with van der Waals surface area (Å²) in [5, 5.41) is 3.09. The fourth-order valence-electron chi connectivity index (χ4n) is 0.855. The van der Waals surface area contributed by atoms with Crippen LogP contribution in [0, 0.1) is 0 Å². The van der Waals surface area contributed by atoms with Gasteiger partial charge in [0.25, 0.3) is 0 Å². The molecule has 1 amide bonds. The molecule has 0 aromatic heterocycles. The minimum absolute atomic E-state index is 0.448. The molecule has 5 N–H and O–H groups in total. The number of hydrogen-bond acceptors (Lipinski definition) is 4. The number of carbonyl (C=O) groups excluding carboxylic acids is 1. The van der Waals surface area contributed by atoms with Gasteiger partial charge in [0, 0.05) is 6.54 Å². The highest BCUT2D eigenvalue weighted by molar-refractivity contribution is 7.98. The molecule has 0 aliphatic heterocycles. The van der Waals surface area contributed by atoms with Crippen molar-refractivity contribution in [2.24, 2.45) is 11.5 Å². The Labute approximate surface area is 83.8 Å². The van der Waals surface area contributed by atoms with Crippen molar-refractivity contribution in [1.82, 2.24) is 5.32 Å². The molecule has 0 bridgehead atoms. The SMILES string of the molecule is CSCCCCNCC(N)C(N)=O. The normalized spacial score (nSPS) is 12.8. The molecule has 0 spiro atoms. The highest BCUT2D eigenvalue weighted by atomic mass is 32.2. The minimum atomic E-state index is -0.555. The van der Waals surface area contributed by atoms with Gasteiger partial charge in [-0.1, -0.05) is 0 Å². The molecule has 4 nitrogen and oxygen atoms in total. The van der Waals surface area contributed by atoms with E-state index in [1.54, 1.807) is 0 Å². The first-order valence-corrected chi connectivity index (χ1v) is 5.82. The standard InChI is InChI=1S/C8H19N3OS/c1-13-5-3-2-4-11-6-7(9)8(10)12/h7,11H,2-6,9H2,1H3,(H2,10,12). The molecule has 13 heavy (non-hydrogen) atoms. The Balaban J connectivity index is 3.11. The zero-order chi connectivity index (χ0) is 10.1. The summed E-state index contributed by atoms with van der Waals surface area (Å²) in [7, 11) is 0. The molecule has 0 aromatic carbocycles. The van der Waals surface area contributed by atoms with E-state index in [-0.39, 0.29) is 0 Å². The number of amides is 1. The van der Waals surface area contributed by atoms with Gasteiger partial charge in [-0.2, -0.15) is 11.8 Å². The average molecular weight is 205 g/mol. The van der Waals surface area contributed by atoms with Crippen molar-refractivity contribution in [3.8, 4) is 0 Å². The Hall–Kier alpha value is -0.260. The van der Waals surface area contributed by atoms with Gasteiger partial charge in [0.15, 0.2) is 0 Å². The quantitative estimate of drug-likeness (QED) is 0.468. The van der Waals surface area contributed by atoms with E-state index in [1.165, 1.54) is 12.2 Å². The van der Waals surface area contributed by atoms with Gasteiger partial charge in [-0.25, -0.2) is 0 Å². The average Bonchev–Trinajstić information content (AvgIpc) is 2.10. The van der Waals surface area contributed by atoms with Gasteiger partial charge in [-0.15, -0.1) is 0 Å². The molecule has 0 aliphatic rings. The van der Waals surface area contributed by atoms with Crippen LogP contribution in [0.15, 0.2) is 0 Å². The number of carbonyl (C=O) groups is 1. The number of nitrogens with one attached hydrogen (secondary N) is 1. The Morgan fingerprint density at radius 2 is 2.23 bits per heavy atom. The monoisotopic (exact) mass is 205 g/mol. The number of unbranched alkanes of at least 4 members (excludes halogenated alkanes) is 1. The Kier molecular flexibility index (Phi) is 8.18. The van der Waals surface area contributed by atoms with E-state index in [1.807, 2.05) is 11.8 Å². The fraction of sp³-hybridized carbons (Fsp3) is 0.875. The van der Waals surface area contributed by atoms with Gasteiger partial charge in [-0.3, -0.25) is 4.79 Å². The number of nitrogens with two attached hydrogens (primary N) is 2. The third-order valence-corrected chi connectivity index (χ3v) is 2.38. The zero-order valence-corrected chi connectivity index (χ0v) is 8.90. The van der Waals surface area contributed by atoms with Gasteiger partial charge in [0.05, 0.1) is 6.04 Å². The van der Waals surface area contributed by atoms with E-state index in [4.69, 9.17) is 11.5 Å². The van der Waals surface area contributed by atoms with Crippen molar-refractivity contribution in [1.29, 1.82) is 0 Å². The number of primary amides is 1. The maximum Gasteiger partial charge on any atom is 0.235 e. The molecule has 0 radical (unpaired) electrons. The van der Waals surface area contributed by atoms with Crippen LogP contribution in [0.1, 0.15) is 12.8 Å². The van der Waals surface area contributed by atoms with Gasteiger partial charge < -0.3 is 16.8 Å². The lowest BCUT2D eigenvalue weighted by Crippen LogP contribution is -2.44. The van der Waals surface area contributed by atoms with Crippen molar-refractivity contribution in [3.05, 3.63) is 0 Å². The van der Waals surface area contributed by atoms with Crippen molar-refractivity contribution >= 4 is 17.7 Å². The van der Waals surface area contributed by atoms with Crippen LogP contribution < -0.4 is 16.8 Å². The predicted octanol–water partition coefficient (Wildman–Crippen LogP) is -0.468. The molecular weight excluding hydrogens is 186 g/mol. The van der Waals surface area contributed by atoms with Gasteiger partial charge in [-0.05, 0) is 31.4 Å². The smallest absolute Gasteiger partial charge is 0.235 e. The molecule has 1 atom stereocenters. The van der Waals surface area contributed by atoms with E-state index >= 15 is 0 Å². The third kappa shape index (κ3) is 8.08. The van der Waals surface area contributed by atoms with Crippen LogP contribution in [0.4, 0.5) is 0 Å². The molecule has 1 unspecified atom stereocenters. The second kappa shape index (κ2) is 8.34. The first kappa shape index (κ1) is 12.7. The van der Waals surface area contributed by atoms with E-state index in [2.05, 4.69) is 11.6 Å². The molecule has 0 heterocycles. The maximum atomic E-state index is 10.5.